The monoisotopic (exact) mass is 252 g/mol. The molecule has 5 nitrogen and oxygen atoms in total. The van der Waals surface area contributed by atoms with E-state index in [-0.39, 0.29) is 11.7 Å². The van der Waals surface area contributed by atoms with Crippen molar-refractivity contribution in [3.05, 3.63) is 29.8 Å². The molecule has 0 aliphatic carbocycles. The van der Waals surface area contributed by atoms with Crippen molar-refractivity contribution in [3.8, 4) is 5.75 Å². The average Bonchev–Trinajstić information content (AvgIpc) is 2.28. The maximum absolute atomic E-state index is 11.7. The van der Waals surface area contributed by atoms with Gasteiger partial charge in [0.25, 0.3) is 5.91 Å². The minimum Gasteiger partial charge on any atom is -0.508 e. The van der Waals surface area contributed by atoms with Gasteiger partial charge in [-0.2, -0.15) is 0 Å². The molecule has 1 rings (SSSR count). The largest absolute Gasteiger partial charge is 0.508 e. The zero-order valence-corrected chi connectivity index (χ0v) is 10.9. The number of hydroxylamine groups is 1. The number of phenols is 1. The lowest BCUT2D eigenvalue weighted by atomic mass is 10.1. The van der Waals surface area contributed by atoms with Gasteiger partial charge in [-0.3, -0.25) is 9.63 Å². The van der Waals surface area contributed by atoms with Crippen LogP contribution in [0.3, 0.4) is 0 Å². The number of amides is 1. The Balaban J connectivity index is 2.47. The first kappa shape index (κ1) is 14.5. The van der Waals surface area contributed by atoms with Crippen LogP contribution in [0.4, 0.5) is 0 Å². The first-order valence-corrected chi connectivity index (χ1v) is 5.79. The van der Waals surface area contributed by atoms with Crippen LogP contribution in [0.5, 0.6) is 5.75 Å². The number of carbonyl (C=O) groups excluding carboxylic acids is 1. The molecule has 0 spiro atoms. The van der Waals surface area contributed by atoms with Crippen molar-refractivity contribution in [1.29, 1.82) is 0 Å². The number of hydrogen-bond acceptors (Lipinski definition) is 4. The van der Waals surface area contributed by atoms with Gasteiger partial charge in [0.2, 0.25) is 0 Å². The summed E-state index contributed by atoms with van der Waals surface area (Å²) in [6, 6.07) is 5.90. The van der Waals surface area contributed by atoms with E-state index >= 15 is 0 Å². The topological polar surface area (TPSA) is 84.6 Å². The van der Waals surface area contributed by atoms with Gasteiger partial charge in [0.1, 0.15) is 5.75 Å². The predicted octanol–water partition coefficient (Wildman–Crippen LogP) is 1.11. The predicted molar refractivity (Wildman–Crippen MR) is 68.8 cm³/mol. The molecule has 0 aliphatic heterocycles. The number of aromatic hydroxyl groups is 1. The molecule has 0 aromatic heterocycles. The zero-order valence-electron chi connectivity index (χ0n) is 10.9. The van der Waals surface area contributed by atoms with E-state index < -0.39 is 11.6 Å². The molecule has 0 bridgehead atoms. The van der Waals surface area contributed by atoms with Crippen LogP contribution in [0.2, 0.25) is 0 Å². The summed E-state index contributed by atoms with van der Waals surface area (Å²) in [6.07, 6.45) is 0.389. The van der Waals surface area contributed by atoms with Gasteiger partial charge in [0.15, 0.2) is 0 Å². The third-order valence-corrected chi connectivity index (χ3v) is 2.19. The van der Waals surface area contributed by atoms with Crippen LogP contribution in [0, 0.1) is 0 Å². The van der Waals surface area contributed by atoms with Gasteiger partial charge in [-0.05, 0) is 44.9 Å². The molecule has 1 aromatic carbocycles. The lowest BCUT2D eigenvalue weighted by Crippen LogP contribution is -2.44. The molecule has 100 valence electrons. The van der Waals surface area contributed by atoms with Gasteiger partial charge in [-0.1, -0.05) is 12.1 Å². The Morgan fingerprint density at radius 3 is 2.44 bits per heavy atom. The summed E-state index contributed by atoms with van der Waals surface area (Å²) in [5, 5.41) is 9.14. The molecule has 4 N–H and O–H groups in total. The van der Waals surface area contributed by atoms with E-state index in [4.69, 9.17) is 15.7 Å². The Kier molecular flexibility index (Phi) is 4.69. The minimum atomic E-state index is -0.683. The Morgan fingerprint density at radius 2 is 1.94 bits per heavy atom. The lowest BCUT2D eigenvalue weighted by Gasteiger charge is -2.20. The normalized spacial score (nSPS) is 13.1. The first-order valence-electron chi connectivity index (χ1n) is 5.79. The molecular weight excluding hydrogens is 232 g/mol. The molecule has 1 aromatic rings. The van der Waals surface area contributed by atoms with Gasteiger partial charge in [0, 0.05) is 0 Å². The highest BCUT2D eigenvalue weighted by atomic mass is 16.7. The van der Waals surface area contributed by atoms with Crippen molar-refractivity contribution in [1.82, 2.24) is 5.48 Å². The maximum Gasteiger partial charge on any atom is 0.260 e. The number of nitrogens with one attached hydrogen (secondary N) is 1. The van der Waals surface area contributed by atoms with Crippen molar-refractivity contribution >= 4 is 5.91 Å². The summed E-state index contributed by atoms with van der Waals surface area (Å²) >= 11 is 0. The second kappa shape index (κ2) is 5.84. The van der Waals surface area contributed by atoms with E-state index in [1.807, 2.05) is 20.8 Å². The molecule has 0 aliphatic rings. The van der Waals surface area contributed by atoms with Crippen LogP contribution in [-0.4, -0.2) is 22.7 Å². The summed E-state index contributed by atoms with van der Waals surface area (Å²) < 4.78 is 0. The van der Waals surface area contributed by atoms with Crippen molar-refractivity contribution < 1.29 is 14.7 Å². The Morgan fingerprint density at radius 1 is 1.39 bits per heavy atom. The summed E-state index contributed by atoms with van der Waals surface area (Å²) in [6.45, 7) is 5.50. The van der Waals surface area contributed by atoms with Gasteiger partial charge >= 0.3 is 0 Å². The molecular formula is C13H20N2O3. The molecule has 1 amide bonds. The van der Waals surface area contributed by atoms with Crippen LogP contribution in [0.25, 0.3) is 0 Å². The molecule has 5 heteroatoms. The first-order chi connectivity index (χ1) is 8.28. The fourth-order valence-corrected chi connectivity index (χ4v) is 1.26. The van der Waals surface area contributed by atoms with Crippen molar-refractivity contribution in [3.63, 3.8) is 0 Å². The number of benzene rings is 1. The summed E-state index contributed by atoms with van der Waals surface area (Å²) in [4.78, 5) is 16.8. The van der Waals surface area contributed by atoms with Crippen LogP contribution in [0.1, 0.15) is 26.3 Å². The number of phenolic OH excluding ortho intramolecular Hbond substituents is 1. The molecule has 0 radical (unpaired) electrons. The Hall–Kier alpha value is -1.59. The third-order valence-electron chi connectivity index (χ3n) is 2.19. The average molecular weight is 252 g/mol. The highest BCUT2D eigenvalue weighted by Crippen LogP contribution is 2.11. The van der Waals surface area contributed by atoms with E-state index in [1.54, 1.807) is 24.3 Å². The van der Waals surface area contributed by atoms with Crippen LogP contribution in [-0.2, 0) is 16.1 Å². The van der Waals surface area contributed by atoms with Crippen molar-refractivity contribution in [2.24, 2.45) is 5.73 Å². The van der Waals surface area contributed by atoms with Crippen LogP contribution < -0.4 is 11.2 Å². The SMILES string of the molecule is CC(C)(C)ONC(=O)[C@H](N)Cc1ccc(O)cc1. The standard InChI is InChI=1S/C13H20N2O3/c1-13(2,3)18-15-12(17)11(14)8-9-4-6-10(16)7-5-9/h4-7,11,16H,8,14H2,1-3H3,(H,15,17)/t11-/m1/s1. The summed E-state index contributed by atoms with van der Waals surface area (Å²) in [7, 11) is 0. The Labute approximate surface area is 107 Å². The molecule has 1 atom stereocenters. The minimum absolute atomic E-state index is 0.188. The zero-order chi connectivity index (χ0) is 13.8. The quantitative estimate of drug-likeness (QED) is 0.701. The van der Waals surface area contributed by atoms with Gasteiger partial charge < -0.3 is 10.8 Å². The van der Waals surface area contributed by atoms with E-state index in [2.05, 4.69) is 5.48 Å². The highest BCUT2D eigenvalue weighted by Gasteiger charge is 2.18. The Bertz CT molecular complexity index is 396. The lowest BCUT2D eigenvalue weighted by molar-refractivity contribution is -0.146. The number of hydrogen-bond donors (Lipinski definition) is 3. The van der Waals surface area contributed by atoms with Crippen LogP contribution in [0.15, 0.2) is 24.3 Å². The second-order valence-corrected chi connectivity index (χ2v) is 5.16. The van der Waals surface area contributed by atoms with Crippen molar-refractivity contribution in [2.75, 3.05) is 0 Å². The molecule has 0 heterocycles. The highest BCUT2D eigenvalue weighted by molar-refractivity contribution is 5.80. The molecule has 0 unspecified atom stereocenters. The van der Waals surface area contributed by atoms with Gasteiger partial charge in [-0.25, -0.2) is 5.48 Å². The van der Waals surface area contributed by atoms with E-state index in [1.165, 1.54) is 0 Å². The molecule has 0 saturated heterocycles. The van der Waals surface area contributed by atoms with Crippen molar-refractivity contribution in [2.45, 2.75) is 38.8 Å². The fourth-order valence-electron chi connectivity index (χ4n) is 1.26. The fraction of sp³-hybridized carbons (Fsp3) is 0.462. The third kappa shape index (κ3) is 5.16. The maximum atomic E-state index is 11.7. The smallest absolute Gasteiger partial charge is 0.260 e. The van der Waals surface area contributed by atoms with E-state index in [9.17, 15) is 4.79 Å². The summed E-state index contributed by atoms with van der Waals surface area (Å²) in [5.41, 5.74) is 8.53. The molecule has 18 heavy (non-hydrogen) atoms. The molecule has 0 saturated carbocycles. The van der Waals surface area contributed by atoms with Crippen LogP contribution >= 0.6 is 0 Å². The number of rotatable bonds is 4. The number of nitrogens with two attached hydrogens (primary N) is 1. The number of carbonyl (C=O) groups is 1. The van der Waals surface area contributed by atoms with Gasteiger partial charge in [0.05, 0.1) is 11.6 Å². The summed E-state index contributed by atoms with van der Waals surface area (Å²) in [5.74, 6) is -0.175. The van der Waals surface area contributed by atoms with E-state index in [0.717, 1.165) is 5.56 Å². The van der Waals surface area contributed by atoms with Gasteiger partial charge in [-0.15, -0.1) is 0 Å². The second-order valence-electron chi connectivity index (χ2n) is 5.16. The van der Waals surface area contributed by atoms with E-state index in [0.29, 0.717) is 6.42 Å². The molecule has 0 fully saturated rings.